The van der Waals surface area contributed by atoms with Crippen molar-refractivity contribution in [2.75, 3.05) is 11.9 Å². The average molecular weight is 272 g/mol. The van der Waals surface area contributed by atoms with Crippen molar-refractivity contribution in [2.24, 2.45) is 0 Å². The quantitative estimate of drug-likeness (QED) is 0.630. The van der Waals surface area contributed by atoms with E-state index in [2.05, 4.69) is 0 Å². The van der Waals surface area contributed by atoms with Gasteiger partial charge in [0.15, 0.2) is 17.5 Å². The van der Waals surface area contributed by atoms with Gasteiger partial charge in [0.25, 0.3) is 0 Å². The summed E-state index contributed by atoms with van der Waals surface area (Å²) in [6, 6.07) is -0.449. The molecule has 0 atom stereocenters. The number of nitrogens with one attached hydrogen (secondary N) is 2. The highest BCUT2D eigenvalue weighted by atomic mass is 19.4. The highest BCUT2D eigenvalue weighted by molar-refractivity contribution is 5.89. The summed E-state index contributed by atoms with van der Waals surface area (Å²) in [5.74, 6) is -4.88. The molecular weight excluding hydrogens is 266 g/mol. The fourth-order valence-electron chi connectivity index (χ4n) is 0.983. The lowest BCUT2D eigenvalue weighted by molar-refractivity contribution is -0.122. The van der Waals surface area contributed by atoms with E-state index in [0.29, 0.717) is 12.1 Å². The highest BCUT2D eigenvalue weighted by Gasteiger charge is 2.27. The molecule has 3 nitrogen and oxygen atoms in total. The Kier molecular flexibility index (Phi) is 4.04. The third-order valence-corrected chi connectivity index (χ3v) is 1.69. The first-order chi connectivity index (χ1) is 8.19. The number of alkyl halides is 3. The first-order valence-corrected chi connectivity index (χ1v) is 4.45. The predicted molar refractivity (Wildman–Crippen MR) is 49.4 cm³/mol. The SMILES string of the molecule is O=C(NCC(F)(F)F)Nc1cc(F)c(F)c(F)c1. The Hall–Kier alpha value is -1.93. The molecule has 9 heteroatoms. The summed E-state index contributed by atoms with van der Waals surface area (Å²) in [6.07, 6.45) is -4.61. The summed E-state index contributed by atoms with van der Waals surface area (Å²) in [6.45, 7) is -1.61. The minimum Gasteiger partial charge on any atom is -0.329 e. The van der Waals surface area contributed by atoms with E-state index in [0.717, 1.165) is 0 Å². The van der Waals surface area contributed by atoms with Crippen molar-refractivity contribution >= 4 is 11.7 Å². The predicted octanol–water partition coefficient (Wildman–Crippen LogP) is 2.79. The molecule has 0 unspecified atom stereocenters. The number of anilines is 1. The standard InChI is InChI=1S/C9H6F6N2O/c10-5-1-4(2-6(11)7(5)12)17-8(18)16-3-9(13,14)15/h1-2H,3H2,(H2,16,17,18). The topological polar surface area (TPSA) is 41.1 Å². The largest absolute Gasteiger partial charge is 0.405 e. The van der Waals surface area contributed by atoms with Gasteiger partial charge in [0.1, 0.15) is 6.54 Å². The number of carbonyl (C=O) groups excluding carboxylic acids is 1. The summed E-state index contributed by atoms with van der Waals surface area (Å²) in [5, 5.41) is 3.14. The van der Waals surface area contributed by atoms with Gasteiger partial charge in [0.2, 0.25) is 0 Å². The second kappa shape index (κ2) is 5.15. The van der Waals surface area contributed by atoms with Gasteiger partial charge < -0.3 is 10.6 Å². The Morgan fingerprint density at radius 1 is 1.11 bits per heavy atom. The lowest BCUT2D eigenvalue weighted by atomic mass is 10.3. The molecule has 100 valence electrons. The fourth-order valence-corrected chi connectivity index (χ4v) is 0.983. The maximum atomic E-state index is 12.7. The van der Waals surface area contributed by atoms with E-state index < -0.39 is 41.9 Å². The minimum atomic E-state index is -4.61. The Morgan fingerprint density at radius 3 is 2.06 bits per heavy atom. The van der Waals surface area contributed by atoms with Crippen LogP contribution < -0.4 is 10.6 Å². The van der Waals surface area contributed by atoms with E-state index in [9.17, 15) is 31.1 Å². The second-order valence-electron chi connectivity index (χ2n) is 3.18. The van der Waals surface area contributed by atoms with Crippen molar-refractivity contribution < 1.29 is 31.1 Å². The molecule has 0 aliphatic heterocycles. The van der Waals surface area contributed by atoms with E-state index in [1.165, 1.54) is 5.32 Å². The first kappa shape index (κ1) is 14.1. The van der Waals surface area contributed by atoms with E-state index in [1.54, 1.807) is 5.32 Å². The van der Waals surface area contributed by atoms with Crippen LogP contribution in [0.3, 0.4) is 0 Å². The van der Waals surface area contributed by atoms with E-state index in [-0.39, 0.29) is 0 Å². The molecule has 1 rings (SSSR count). The molecular formula is C9H6F6N2O. The number of amides is 2. The van der Waals surface area contributed by atoms with Crippen LogP contribution in [-0.4, -0.2) is 18.8 Å². The summed E-state index contributed by atoms with van der Waals surface area (Å²) >= 11 is 0. The van der Waals surface area contributed by atoms with Crippen molar-refractivity contribution in [1.29, 1.82) is 0 Å². The van der Waals surface area contributed by atoms with E-state index >= 15 is 0 Å². The number of rotatable bonds is 2. The van der Waals surface area contributed by atoms with Crippen LogP contribution in [0.1, 0.15) is 0 Å². The lowest BCUT2D eigenvalue weighted by Gasteiger charge is -2.10. The minimum absolute atomic E-state index is 0.436. The summed E-state index contributed by atoms with van der Waals surface area (Å²) in [5.41, 5.74) is -0.508. The first-order valence-electron chi connectivity index (χ1n) is 4.45. The van der Waals surface area contributed by atoms with Crippen LogP contribution in [0.15, 0.2) is 12.1 Å². The summed E-state index contributed by atoms with van der Waals surface area (Å²) < 4.78 is 73.1. The smallest absolute Gasteiger partial charge is 0.329 e. The van der Waals surface area contributed by atoms with Gasteiger partial charge in [-0.15, -0.1) is 0 Å². The zero-order chi connectivity index (χ0) is 13.9. The van der Waals surface area contributed by atoms with Crippen LogP contribution in [0.4, 0.5) is 36.8 Å². The molecule has 1 aromatic rings. The second-order valence-corrected chi connectivity index (χ2v) is 3.18. The molecule has 0 saturated heterocycles. The van der Waals surface area contributed by atoms with Gasteiger partial charge in [-0.2, -0.15) is 13.2 Å². The van der Waals surface area contributed by atoms with Gasteiger partial charge in [0, 0.05) is 17.8 Å². The molecule has 0 saturated carbocycles. The van der Waals surface area contributed by atoms with Gasteiger partial charge in [-0.25, -0.2) is 18.0 Å². The maximum Gasteiger partial charge on any atom is 0.405 e. The van der Waals surface area contributed by atoms with Gasteiger partial charge in [-0.1, -0.05) is 0 Å². The zero-order valence-corrected chi connectivity index (χ0v) is 8.54. The Bertz CT molecular complexity index is 436. The lowest BCUT2D eigenvalue weighted by Crippen LogP contribution is -2.36. The highest BCUT2D eigenvalue weighted by Crippen LogP contribution is 2.17. The third kappa shape index (κ3) is 4.15. The van der Waals surface area contributed by atoms with Gasteiger partial charge in [-0.3, -0.25) is 0 Å². The third-order valence-electron chi connectivity index (χ3n) is 1.69. The molecule has 0 heterocycles. The number of hydrogen-bond donors (Lipinski definition) is 2. The van der Waals surface area contributed by atoms with Gasteiger partial charge in [-0.05, 0) is 0 Å². The van der Waals surface area contributed by atoms with Crippen molar-refractivity contribution in [3.8, 4) is 0 Å². The van der Waals surface area contributed by atoms with Crippen molar-refractivity contribution in [1.82, 2.24) is 5.32 Å². The van der Waals surface area contributed by atoms with Crippen molar-refractivity contribution in [2.45, 2.75) is 6.18 Å². The van der Waals surface area contributed by atoms with Crippen LogP contribution >= 0.6 is 0 Å². The van der Waals surface area contributed by atoms with E-state index in [4.69, 9.17) is 0 Å². The number of urea groups is 1. The normalized spacial score (nSPS) is 11.2. The number of carbonyl (C=O) groups is 1. The van der Waals surface area contributed by atoms with Crippen LogP contribution in [0.2, 0.25) is 0 Å². The van der Waals surface area contributed by atoms with Gasteiger partial charge >= 0.3 is 12.2 Å². The Balaban J connectivity index is 2.65. The zero-order valence-electron chi connectivity index (χ0n) is 8.54. The Labute approximate surface area is 96.8 Å². The number of hydrogen-bond acceptors (Lipinski definition) is 1. The summed E-state index contributed by atoms with van der Waals surface area (Å²) in [4.78, 5) is 10.9. The van der Waals surface area contributed by atoms with Crippen LogP contribution in [0.25, 0.3) is 0 Å². The molecule has 0 spiro atoms. The molecule has 0 aliphatic carbocycles. The van der Waals surface area contributed by atoms with E-state index in [1.807, 2.05) is 0 Å². The summed E-state index contributed by atoms with van der Waals surface area (Å²) in [7, 11) is 0. The maximum absolute atomic E-state index is 12.7. The average Bonchev–Trinajstić information content (AvgIpc) is 2.22. The Morgan fingerprint density at radius 2 is 1.61 bits per heavy atom. The van der Waals surface area contributed by atoms with Crippen LogP contribution in [-0.2, 0) is 0 Å². The van der Waals surface area contributed by atoms with Crippen molar-refractivity contribution in [3.05, 3.63) is 29.6 Å². The number of benzene rings is 1. The molecule has 1 aromatic carbocycles. The van der Waals surface area contributed by atoms with Crippen LogP contribution in [0, 0.1) is 17.5 Å². The van der Waals surface area contributed by atoms with Crippen LogP contribution in [0.5, 0.6) is 0 Å². The molecule has 0 fully saturated rings. The molecule has 0 bridgehead atoms. The molecule has 0 radical (unpaired) electrons. The molecule has 18 heavy (non-hydrogen) atoms. The van der Waals surface area contributed by atoms with Gasteiger partial charge in [0.05, 0.1) is 0 Å². The molecule has 2 N–H and O–H groups in total. The number of halogens is 6. The molecule has 0 aromatic heterocycles. The molecule has 0 aliphatic rings. The van der Waals surface area contributed by atoms with Crippen molar-refractivity contribution in [3.63, 3.8) is 0 Å². The monoisotopic (exact) mass is 272 g/mol. The fraction of sp³-hybridized carbons (Fsp3) is 0.222. The molecule has 2 amide bonds.